The van der Waals surface area contributed by atoms with E-state index in [0.29, 0.717) is 16.8 Å². The number of halogens is 1. The first-order valence-electron chi connectivity index (χ1n) is 12.4. The van der Waals surface area contributed by atoms with Crippen molar-refractivity contribution >= 4 is 55.2 Å². The van der Waals surface area contributed by atoms with E-state index in [4.69, 9.17) is 26.1 Å². The number of ether oxygens (including phenoxy) is 1. The molecule has 18 heteroatoms. The number of rotatable bonds is 8. The van der Waals surface area contributed by atoms with Crippen molar-refractivity contribution < 1.29 is 43.6 Å². The Morgan fingerprint density at radius 2 is 1.69 bits per heavy atom. The summed E-state index contributed by atoms with van der Waals surface area (Å²) >= 11 is 6.22. The van der Waals surface area contributed by atoms with Crippen LogP contribution in [0.5, 0.6) is 0 Å². The van der Waals surface area contributed by atoms with E-state index in [9.17, 15) is 29.0 Å². The van der Waals surface area contributed by atoms with Crippen molar-refractivity contribution in [2.75, 3.05) is 17.8 Å². The van der Waals surface area contributed by atoms with Crippen LogP contribution in [0.4, 0.5) is 11.5 Å². The summed E-state index contributed by atoms with van der Waals surface area (Å²) in [5, 5.41) is 26.3. The highest BCUT2D eigenvalue weighted by atomic mass is 35.5. The number of hydrogen-bond acceptors (Lipinski definition) is 10. The lowest BCUT2D eigenvalue weighted by Gasteiger charge is -2.19. The summed E-state index contributed by atoms with van der Waals surface area (Å²) in [5.74, 6) is -1.15. The van der Waals surface area contributed by atoms with Crippen LogP contribution in [0.3, 0.4) is 0 Å². The van der Waals surface area contributed by atoms with Crippen LogP contribution >= 0.6 is 26.7 Å². The Labute approximate surface area is 241 Å². The van der Waals surface area contributed by atoms with Gasteiger partial charge in [0, 0.05) is 23.4 Å². The Hall–Kier alpha value is -3.07. The smallest absolute Gasteiger partial charge is 0.336 e. The van der Waals surface area contributed by atoms with E-state index in [-0.39, 0.29) is 28.0 Å². The molecule has 1 saturated heterocycles. The zero-order chi connectivity index (χ0) is 30.0. The standard InChI is InChI=1S/C24H23ClN6O9P2/c25-24-29-21(28-11-5-6-14-15(7-11)12-3-1-2-4-13(12)18(14)32)17-22(30-24)31(9-26-17)23-20(34)19(33)16(40-23)8-27-41(35,36)10-42(37,38)39/h1-7,9,16,19-20,23,33-34H,8,10H2,(H2,27,35,36)(H,28,29,30)(H2,37,38,39)/t16-,19?,20?,23-/m1/s1. The summed E-state index contributed by atoms with van der Waals surface area (Å²) in [7, 11) is -9.27. The van der Waals surface area contributed by atoms with Gasteiger partial charge in [0.2, 0.25) is 5.28 Å². The minimum Gasteiger partial charge on any atom is -0.387 e. The first-order chi connectivity index (χ1) is 19.8. The molecule has 220 valence electrons. The van der Waals surface area contributed by atoms with Gasteiger partial charge in [-0.05, 0) is 40.9 Å². The summed E-state index contributed by atoms with van der Waals surface area (Å²) in [4.78, 5) is 53.3. The second-order valence-electron chi connectivity index (χ2n) is 9.84. The predicted octanol–water partition coefficient (Wildman–Crippen LogP) is 1.96. The molecule has 0 bridgehead atoms. The van der Waals surface area contributed by atoms with Crippen molar-refractivity contribution in [3.8, 4) is 11.1 Å². The van der Waals surface area contributed by atoms with Gasteiger partial charge < -0.3 is 34.9 Å². The molecule has 2 aromatic carbocycles. The van der Waals surface area contributed by atoms with Crippen molar-refractivity contribution in [1.29, 1.82) is 0 Å². The Morgan fingerprint density at radius 1 is 0.976 bits per heavy atom. The largest absolute Gasteiger partial charge is 0.387 e. The van der Waals surface area contributed by atoms with Gasteiger partial charge in [-0.25, -0.2) is 10.1 Å². The average Bonchev–Trinajstić information content (AvgIpc) is 3.54. The monoisotopic (exact) mass is 636 g/mol. The zero-order valence-corrected chi connectivity index (χ0v) is 23.8. The van der Waals surface area contributed by atoms with Gasteiger partial charge in [-0.2, -0.15) is 9.97 Å². The number of aromatic nitrogens is 4. The average molecular weight is 637 g/mol. The van der Waals surface area contributed by atoms with Gasteiger partial charge in [-0.1, -0.05) is 24.3 Å². The summed E-state index contributed by atoms with van der Waals surface area (Å²) in [6.07, 6.45) is -4.26. The fourth-order valence-electron chi connectivity index (χ4n) is 5.06. The number of fused-ring (bicyclic) bond motifs is 4. The predicted molar refractivity (Wildman–Crippen MR) is 150 cm³/mol. The van der Waals surface area contributed by atoms with Crippen LogP contribution in [0.25, 0.3) is 22.3 Å². The van der Waals surface area contributed by atoms with E-state index in [1.54, 1.807) is 24.3 Å². The minimum atomic E-state index is -4.80. The number of nitrogens with one attached hydrogen (secondary N) is 2. The van der Waals surface area contributed by atoms with Crippen LogP contribution < -0.4 is 10.4 Å². The fourth-order valence-corrected chi connectivity index (χ4v) is 8.09. The second kappa shape index (κ2) is 10.6. The quantitative estimate of drug-likeness (QED) is 0.0954. The zero-order valence-electron chi connectivity index (χ0n) is 21.3. The molecule has 4 aromatic rings. The number of nitrogens with zero attached hydrogens (tertiary/aromatic N) is 4. The van der Waals surface area contributed by atoms with Gasteiger partial charge in [0.1, 0.15) is 24.2 Å². The van der Waals surface area contributed by atoms with Crippen LogP contribution in [-0.4, -0.2) is 81.0 Å². The lowest BCUT2D eigenvalue weighted by atomic mass is 10.1. The first-order valence-corrected chi connectivity index (χ1v) is 16.4. The topological polar surface area (TPSA) is 229 Å². The van der Waals surface area contributed by atoms with Crippen LogP contribution in [0, 0.1) is 0 Å². The lowest BCUT2D eigenvalue weighted by molar-refractivity contribution is -0.0331. The number of ketones is 1. The molecule has 0 amide bonds. The van der Waals surface area contributed by atoms with E-state index in [0.717, 1.165) is 11.1 Å². The molecule has 7 N–H and O–H groups in total. The van der Waals surface area contributed by atoms with Gasteiger partial charge in [0.15, 0.2) is 29.0 Å². The normalized spacial score (nSPS) is 23.1. The number of carbonyl (C=O) groups excluding carboxylic acids is 1. The third kappa shape index (κ3) is 5.40. The molecule has 3 unspecified atom stereocenters. The summed E-state index contributed by atoms with van der Waals surface area (Å²) in [5.41, 5.74) is 3.73. The third-order valence-corrected chi connectivity index (χ3v) is 10.8. The highest BCUT2D eigenvalue weighted by Crippen LogP contribution is 2.52. The van der Waals surface area contributed by atoms with Crippen LogP contribution in [0.1, 0.15) is 22.1 Å². The SMILES string of the molecule is O=C1c2ccccc2-c2cc(Nc3nc(Cl)nc4c3ncn4[C@@H]3O[C@H](CNP(=O)(O)CP(=O)(O)O)C(O)C3O)ccc21. The minimum absolute atomic E-state index is 0.0622. The first kappa shape index (κ1) is 29.0. The number of aliphatic hydroxyl groups excluding tert-OH is 2. The maximum absolute atomic E-state index is 12.7. The van der Waals surface area contributed by atoms with Crippen molar-refractivity contribution in [2.24, 2.45) is 0 Å². The van der Waals surface area contributed by atoms with Crippen LogP contribution in [0.2, 0.25) is 5.28 Å². The number of benzene rings is 2. The third-order valence-electron chi connectivity index (χ3n) is 6.91. The molecular weight excluding hydrogens is 614 g/mol. The van der Waals surface area contributed by atoms with Gasteiger partial charge in [0.05, 0.1) is 6.33 Å². The highest BCUT2D eigenvalue weighted by molar-refractivity contribution is 7.71. The summed E-state index contributed by atoms with van der Waals surface area (Å²) in [6.45, 7) is -0.498. The molecule has 42 heavy (non-hydrogen) atoms. The number of carbonyl (C=O) groups is 1. The summed E-state index contributed by atoms with van der Waals surface area (Å²) in [6, 6.07) is 12.5. The highest BCUT2D eigenvalue weighted by Gasteiger charge is 2.45. The molecule has 1 aliphatic heterocycles. The fraction of sp³-hybridized carbons (Fsp3) is 0.250. The Bertz CT molecular complexity index is 1830. The molecule has 1 aliphatic carbocycles. The molecule has 6 rings (SSSR count). The van der Waals surface area contributed by atoms with Crippen molar-refractivity contribution in [2.45, 2.75) is 24.5 Å². The van der Waals surface area contributed by atoms with Gasteiger partial charge in [0.25, 0.3) is 7.52 Å². The Balaban J connectivity index is 1.26. The molecule has 0 saturated carbocycles. The molecule has 1 fully saturated rings. The molecule has 2 aromatic heterocycles. The molecule has 0 spiro atoms. The number of anilines is 2. The second-order valence-corrected chi connectivity index (χ2v) is 14.4. The van der Waals surface area contributed by atoms with Gasteiger partial charge in [-0.15, -0.1) is 0 Å². The van der Waals surface area contributed by atoms with Gasteiger partial charge >= 0.3 is 7.60 Å². The van der Waals surface area contributed by atoms with Crippen molar-refractivity contribution in [3.63, 3.8) is 0 Å². The number of aliphatic hydroxyl groups is 2. The van der Waals surface area contributed by atoms with Crippen LogP contribution in [0.15, 0.2) is 48.8 Å². The van der Waals surface area contributed by atoms with Gasteiger partial charge in [-0.3, -0.25) is 18.5 Å². The molecule has 5 atom stereocenters. The Kier molecular flexibility index (Phi) is 7.31. The Morgan fingerprint density at radius 3 is 2.43 bits per heavy atom. The lowest BCUT2D eigenvalue weighted by Crippen LogP contribution is -2.37. The van der Waals surface area contributed by atoms with Crippen LogP contribution in [-0.2, 0) is 13.9 Å². The molecular formula is C24H23ClN6O9P2. The number of hydrogen-bond donors (Lipinski definition) is 7. The molecule has 15 nitrogen and oxygen atoms in total. The maximum Gasteiger partial charge on any atom is 0.336 e. The molecule has 3 heterocycles. The maximum atomic E-state index is 12.7. The van der Waals surface area contributed by atoms with E-state index < -0.39 is 52.1 Å². The van der Waals surface area contributed by atoms with E-state index in [1.165, 1.54) is 10.9 Å². The molecule has 2 aliphatic rings. The molecule has 0 radical (unpaired) electrons. The van der Waals surface area contributed by atoms with Crippen molar-refractivity contribution in [3.05, 3.63) is 65.2 Å². The van der Waals surface area contributed by atoms with E-state index in [1.807, 2.05) is 18.2 Å². The number of imidazole rings is 1. The van der Waals surface area contributed by atoms with E-state index in [2.05, 4.69) is 25.4 Å². The van der Waals surface area contributed by atoms with E-state index >= 15 is 0 Å². The van der Waals surface area contributed by atoms with Crippen molar-refractivity contribution in [1.82, 2.24) is 24.6 Å². The summed E-state index contributed by atoms with van der Waals surface area (Å²) < 4.78 is 30.3.